The van der Waals surface area contributed by atoms with Crippen LogP contribution in [0.5, 0.6) is 0 Å². The Morgan fingerprint density at radius 2 is 1.96 bits per heavy atom. The fraction of sp³-hybridized carbons (Fsp3) is 0.545. The molecule has 28 heavy (non-hydrogen) atoms. The fourth-order valence-corrected chi connectivity index (χ4v) is 4.23. The van der Waals surface area contributed by atoms with Gasteiger partial charge < -0.3 is 15.0 Å². The van der Waals surface area contributed by atoms with Crippen LogP contribution in [0.15, 0.2) is 42.6 Å². The molecule has 1 aromatic carbocycles. The molecular weight excluding hydrogens is 352 g/mol. The number of carbonyl (C=O) groups is 1. The van der Waals surface area contributed by atoms with Gasteiger partial charge in [0.05, 0.1) is 18.3 Å². The minimum absolute atomic E-state index is 0.0430. The standard InChI is InChI=1S/C22H30N4O2/c27-22(9-8-18-5-2-1-3-6-18)24-21-10-13-23-26(21)19-11-14-25(15-12-19)17-20-7-4-16-28-20/h1-3,5-6,10,13,19-20H,4,7-9,11-12,14-17H2,(H,24,27)/t20-/m0/s1. The van der Waals surface area contributed by atoms with Crippen LogP contribution in [0.3, 0.4) is 0 Å². The Bertz CT molecular complexity index is 747. The van der Waals surface area contributed by atoms with Crippen molar-refractivity contribution in [1.29, 1.82) is 0 Å². The van der Waals surface area contributed by atoms with Crippen molar-refractivity contribution >= 4 is 11.7 Å². The van der Waals surface area contributed by atoms with Gasteiger partial charge in [-0.3, -0.25) is 4.79 Å². The molecule has 0 bridgehead atoms. The number of ether oxygens (including phenoxy) is 1. The van der Waals surface area contributed by atoms with E-state index in [1.165, 1.54) is 18.4 Å². The number of amides is 1. The largest absolute Gasteiger partial charge is 0.377 e. The summed E-state index contributed by atoms with van der Waals surface area (Å²) in [5.41, 5.74) is 1.18. The van der Waals surface area contributed by atoms with E-state index >= 15 is 0 Å². The van der Waals surface area contributed by atoms with Gasteiger partial charge in [0, 0.05) is 38.7 Å². The first-order valence-corrected chi connectivity index (χ1v) is 10.5. The zero-order valence-corrected chi connectivity index (χ0v) is 16.4. The highest BCUT2D eigenvalue weighted by Gasteiger charge is 2.26. The quantitative estimate of drug-likeness (QED) is 0.798. The Kier molecular flexibility index (Phi) is 6.39. The van der Waals surface area contributed by atoms with Gasteiger partial charge in [0.15, 0.2) is 0 Å². The van der Waals surface area contributed by atoms with E-state index < -0.39 is 0 Å². The number of nitrogens with zero attached hydrogens (tertiary/aromatic N) is 3. The predicted molar refractivity (Wildman–Crippen MR) is 109 cm³/mol. The maximum absolute atomic E-state index is 12.4. The first-order valence-electron chi connectivity index (χ1n) is 10.5. The minimum atomic E-state index is 0.0430. The lowest BCUT2D eigenvalue weighted by atomic mass is 10.0. The molecule has 1 amide bonds. The lowest BCUT2D eigenvalue weighted by Crippen LogP contribution is -2.39. The average Bonchev–Trinajstić information content (AvgIpc) is 3.40. The molecule has 150 valence electrons. The van der Waals surface area contributed by atoms with E-state index in [4.69, 9.17) is 4.74 Å². The van der Waals surface area contributed by atoms with Crippen molar-refractivity contribution in [2.24, 2.45) is 0 Å². The van der Waals surface area contributed by atoms with E-state index in [2.05, 4.69) is 27.4 Å². The molecule has 1 aromatic heterocycles. The monoisotopic (exact) mass is 382 g/mol. The first-order chi connectivity index (χ1) is 13.8. The highest BCUT2D eigenvalue weighted by molar-refractivity contribution is 5.89. The molecule has 6 heteroatoms. The third kappa shape index (κ3) is 5.00. The molecule has 1 atom stereocenters. The Balaban J connectivity index is 1.26. The van der Waals surface area contributed by atoms with Gasteiger partial charge >= 0.3 is 0 Å². The van der Waals surface area contributed by atoms with Crippen molar-refractivity contribution < 1.29 is 9.53 Å². The number of nitrogens with one attached hydrogen (secondary N) is 1. The van der Waals surface area contributed by atoms with Gasteiger partial charge in [-0.1, -0.05) is 30.3 Å². The molecule has 3 heterocycles. The molecule has 0 unspecified atom stereocenters. The number of carbonyl (C=O) groups excluding carboxylic acids is 1. The molecule has 2 aliphatic rings. The molecule has 0 spiro atoms. The summed E-state index contributed by atoms with van der Waals surface area (Å²) in [5.74, 6) is 0.858. The Morgan fingerprint density at radius 1 is 1.14 bits per heavy atom. The summed E-state index contributed by atoms with van der Waals surface area (Å²) in [6.07, 6.45) is 7.94. The Hall–Kier alpha value is -2.18. The van der Waals surface area contributed by atoms with Gasteiger partial charge in [0.2, 0.25) is 5.91 Å². The van der Waals surface area contributed by atoms with Crippen LogP contribution >= 0.6 is 0 Å². The number of hydrogen-bond donors (Lipinski definition) is 1. The summed E-state index contributed by atoms with van der Waals surface area (Å²) in [6, 6.07) is 12.4. The third-order valence-corrected chi connectivity index (χ3v) is 5.81. The number of aryl methyl sites for hydroxylation is 1. The van der Waals surface area contributed by atoms with Crippen molar-refractivity contribution in [3.8, 4) is 0 Å². The molecule has 1 N–H and O–H groups in total. The van der Waals surface area contributed by atoms with Gasteiger partial charge in [0.1, 0.15) is 5.82 Å². The van der Waals surface area contributed by atoms with Crippen LogP contribution in [0.2, 0.25) is 0 Å². The maximum atomic E-state index is 12.4. The van der Waals surface area contributed by atoms with Crippen LogP contribution in [-0.2, 0) is 16.0 Å². The SMILES string of the molecule is O=C(CCc1ccccc1)Nc1ccnn1C1CCN(C[C@@H]2CCCO2)CC1. The summed E-state index contributed by atoms with van der Waals surface area (Å²) < 4.78 is 7.77. The van der Waals surface area contributed by atoms with Crippen molar-refractivity contribution in [3.63, 3.8) is 0 Å². The zero-order chi connectivity index (χ0) is 19.2. The second-order valence-corrected chi connectivity index (χ2v) is 7.86. The average molecular weight is 383 g/mol. The van der Waals surface area contributed by atoms with Crippen LogP contribution in [0.25, 0.3) is 0 Å². The summed E-state index contributed by atoms with van der Waals surface area (Å²) in [7, 11) is 0. The molecule has 2 aromatic rings. The number of rotatable bonds is 7. The molecule has 0 aliphatic carbocycles. The number of likely N-dealkylation sites (tertiary alicyclic amines) is 1. The van der Waals surface area contributed by atoms with Crippen molar-refractivity contribution in [1.82, 2.24) is 14.7 Å². The third-order valence-electron chi connectivity index (χ3n) is 5.81. The summed E-state index contributed by atoms with van der Waals surface area (Å²) in [6.45, 7) is 4.09. The topological polar surface area (TPSA) is 59.4 Å². The predicted octanol–water partition coefficient (Wildman–Crippen LogP) is 3.27. The van der Waals surface area contributed by atoms with Crippen LogP contribution in [0.1, 0.15) is 43.7 Å². The number of piperidine rings is 1. The lowest BCUT2D eigenvalue weighted by Gasteiger charge is -2.33. The minimum Gasteiger partial charge on any atom is -0.377 e. The number of aromatic nitrogens is 2. The van der Waals surface area contributed by atoms with Crippen LogP contribution in [0.4, 0.5) is 5.82 Å². The van der Waals surface area contributed by atoms with Crippen molar-refractivity contribution in [3.05, 3.63) is 48.2 Å². The maximum Gasteiger partial charge on any atom is 0.225 e. The van der Waals surface area contributed by atoms with Gasteiger partial charge in [-0.15, -0.1) is 0 Å². The van der Waals surface area contributed by atoms with E-state index in [9.17, 15) is 4.79 Å². The van der Waals surface area contributed by atoms with E-state index in [1.807, 2.05) is 28.9 Å². The highest BCUT2D eigenvalue weighted by Crippen LogP contribution is 2.26. The van der Waals surface area contributed by atoms with Crippen LogP contribution < -0.4 is 5.32 Å². The van der Waals surface area contributed by atoms with Crippen molar-refractivity contribution in [2.75, 3.05) is 31.6 Å². The summed E-state index contributed by atoms with van der Waals surface area (Å²) in [4.78, 5) is 14.9. The van der Waals surface area contributed by atoms with Gasteiger partial charge in [-0.2, -0.15) is 5.10 Å². The van der Waals surface area contributed by atoms with Gasteiger partial charge in [-0.05, 0) is 37.7 Å². The van der Waals surface area contributed by atoms with Crippen molar-refractivity contribution in [2.45, 2.75) is 50.7 Å². The van der Waals surface area contributed by atoms with E-state index in [1.54, 1.807) is 6.20 Å². The molecule has 6 nitrogen and oxygen atoms in total. The molecule has 0 radical (unpaired) electrons. The normalized spacial score (nSPS) is 21.1. The second kappa shape index (κ2) is 9.34. The molecule has 2 aliphatic heterocycles. The highest BCUT2D eigenvalue weighted by atomic mass is 16.5. The number of anilines is 1. The Morgan fingerprint density at radius 3 is 2.71 bits per heavy atom. The second-order valence-electron chi connectivity index (χ2n) is 7.86. The zero-order valence-electron chi connectivity index (χ0n) is 16.4. The number of hydrogen-bond acceptors (Lipinski definition) is 4. The smallest absolute Gasteiger partial charge is 0.225 e. The van der Waals surface area contributed by atoms with Gasteiger partial charge in [-0.25, -0.2) is 4.68 Å². The molecular formula is C22H30N4O2. The molecule has 0 saturated carbocycles. The molecule has 2 fully saturated rings. The first kappa shape index (κ1) is 19.2. The Labute approximate surface area is 166 Å². The molecule has 2 saturated heterocycles. The van der Waals surface area contributed by atoms with E-state index in [0.717, 1.165) is 51.3 Å². The lowest BCUT2D eigenvalue weighted by molar-refractivity contribution is -0.116. The van der Waals surface area contributed by atoms with Crippen LogP contribution in [-0.4, -0.2) is 52.9 Å². The fourth-order valence-electron chi connectivity index (χ4n) is 4.23. The van der Waals surface area contributed by atoms with E-state index in [-0.39, 0.29) is 5.91 Å². The molecule has 4 rings (SSSR count). The summed E-state index contributed by atoms with van der Waals surface area (Å²) in [5, 5.41) is 7.55. The summed E-state index contributed by atoms with van der Waals surface area (Å²) >= 11 is 0. The van der Waals surface area contributed by atoms with Crippen LogP contribution in [0, 0.1) is 0 Å². The number of benzene rings is 1. The van der Waals surface area contributed by atoms with E-state index in [0.29, 0.717) is 18.6 Å². The van der Waals surface area contributed by atoms with Gasteiger partial charge in [0.25, 0.3) is 0 Å².